The smallest absolute Gasteiger partial charge is 0.266 e. The summed E-state index contributed by atoms with van der Waals surface area (Å²) < 4.78 is 11.6. The summed E-state index contributed by atoms with van der Waals surface area (Å²) >= 11 is 0. The van der Waals surface area contributed by atoms with Gasteiger partial charge in [-0.2, -0.15) is 0 Å². The molecule has 0 saturated heterocycles. The monoisotopic (exact) mass is 556 g/mol. The van der Waals surface area contributed by atoms with Gasteiger partial charge in [-0.05, 0) is 65.7 Å². The van der Waals surface area contributed by atoms with Gasteiger partial charge in [0.05, 0.1) is 13.2 Å². The third kappa shape index (κ3) is 8.56. The molecule has 0 aromatic heterocycles. The topological polar surface area (TPSA) is 141 Å². The van der Waals surface area contributed by atoms with Crippen LogP contribution in [0.25, 0.3) is 10.4 Å². The Kier molecular flexibility index (Phi) is 11.1. The van der Waals surface area contributed by atoms with Gasteiger partial charge in [0, 0.05) is 36.5 Å². The van der Waals surface area contributed by atoms with Crippen LogP contribution in [0, 0.1) is 0 Å². The molecule has 0 saturated carbocycles. The summed E-state index contributed by atoms with van der Waals surface area (Å²) in [5.41, 5.74) is 17.3. The number of hydrogen-bond acceptors (Lipinski definition) is 7. The summed E-state index contributed by atoms with van der Waals surface area (Å²) in [5, 5.41) is 12.7. The van der Waals surface area contributed by atoms with Crippen molar-refractivity contribution in [2.75, 3.05) is 26.4 Å². The molecule has 0 radical (unpaired) electrons. The molecule has 10 nitrogen and oxygen atoms in total. The molecule has 214 valence electrons. The van der Waals surface area contributed by atoms with E-state index in [9.17, 15) is 4.79 Å². The van der Waals surface area contributed by atoms with Gasteiger partial charge in [0.15, 0.2) is 5.54 Å². The highest BCUT2D eigenvalue weighted by atomic mass is 16.5. The Morgan fingerprint density at radius 2 is 1.78 bits per heavy atom. The minimum absolute atomic E-state index is 0.0639. The number of hydrazine groups is 1. The quantitative estimate of drug-likeness (QED) is 0.0774. The van der Waals surface area contributed by atoms with Crippen molar-refractivity contribution >= 4 is 11.8 Å². The Morgan fingerprint density at radius 1 is 1.02 bits per heavy atom. The van der Waals surface area contributed by atoms with E-state index in [0.717, 1.165) is 36.0 Å². The zero-order chi connectivity index (χ0) is 28.8. The molecule has 4 rings (SSSR count). The molecule has 1 aliphatic rings. The molecule has 1 heterocycles. The largest absolute Gasteiger partial charge is 0.494 e. The lowest BCUT2D eigenvalue weighted by Crippen LogP contribution is -2.53. The van der Waals surface area contributed by atoms with E-state index in [-0.39, 0.29) is 32.1 Å². The van der Waals surface area contributed by atoms with Gasteiger partial charge in [0.1, 0.15) is 12.4 Å². The summed E-state index contributed by atoms with van der Waals surface area (Å²) in [6, 6.07) is 25.2. The number of hydrogen-bond donors (Lipinski definition) is 3. The maximum Gasteiger partial charge on any atom is 0.266 e. The molecule has 0 aliphatic carbocycles. The van der Waals surface area contributed by atoms with Crippen molar-refractivity contribution < 1.29 is 19.4 Å². The number of carbonyl (C=O) groups excluding carboxylic acids is 1. The van der Waals surface area contributed by atoms with Crippen molar-refractivity contribution in [3.63, 3.8) is 0 Å². The van der Waals surface area contributed by atoms with Crippen LogP contribution in [0.5, 0.6) is 5.75 Å². The van der Waals surface area contributed by atoms with Crippen LogP contribution in [-0.2, 0) is 28.9 Å². The highest BCUT2D eigenvalue weighted by Crippen LogP contribution is 2.29. The van der Waals surface area contributed by atoms with Gasteiger partial charge in [-0.25, -0.2) is 10.4 Å². The van der Waals surface area contributed by atoms with E-state index < -0.39 is 5.54 Å². The molecule has 3 aromatic rings. The Morgan fingerprint density at radius 3 is 2.54 bits per heavy atom. The van der Waals surface area contributed by atoms with E-state index in [1.54, 1.807) is 0 Å². The molecule has 1 aliphatic heterocycles. The Labute approximate surface area is 240 Å². The number of benzene rings is 3. The van der Waals surface area contributed by atoms with E-state index in [1.807, 2.05) is 66.7 Å². The fourth-order valence-corrected chi connectivity index (χ4v) is 4.58. The molecule has 3 aromatic carbocycles. The van der Waals surface area contributed by atoms with E-state index in [4.69, 9.17) is 25.1 Å². The third-order valence-corrected chi connectivity index (χ3v) is 6.83. The number of aliphatic hydroxyl groups excluding tert-OH is 1. The second-order valence-electron chi connectivity index (χ2n) is 9.85. The number of aliphatic hydroxyl groups is 1. The van der Waals surface area contributed by atoms with Crippen LogP contribution in [0.4, 0.5) is 0 Å². The minimum atomic E-state index is -1.21. The van der Waals surface area contributed by atoms with Crippen LogP contribution >= 0.6 is 0 Å². The van der Waals surface area contributed by atoms with Crippen LogP contribution in [0.2, 0.25) is 0 Å². The van der Waals surface area contributed by atoms with Crippen molar-refractivity contribution in [1.82, 2.24) is 10.9 Å². The second kappa shape index (κ2) is 15.4. The first kappa shape index (κ1) is 29.6. The lowest BCUT2D eigenvalue weighted by atomic mass is 9.89. The van der Waals surface area contributed by atoms with Crippen LogP contribution in [0.3, 0.4) is 0 Å². The third-order valence-electron chi connectivity index (χ3n) is 6.83. The van der Waals surface area contributed by atoms with E-state index in [1.165, 1.54) is 5.56 Å². The summed E-state index contributed by atoms with van der Waals surface area (Å²) in [7, 11) is 0. The normalized spacial score (nSPS) is 15.9. The van der Waals surface area contributed by atoms with Crippen molar-refractivity contribution in [3.05, 3.63) is 112 Å². The number of nitrogens with one attached hydrogen (secondary N) is 2. The summed E-state index contributed by atoms with van der Waals surface area (Å²) in [5.74, 6) is 0.754. The van der Waals surface area contributed by atoms with Gasteiger partial charge in [-0.3, -0.25) is 10.2 Å². The van der Waals surface area contributed by atoms with Gasteiger partial charge >= 0.3 is 0 Å². The van der Waals surface area contributed by atoms with E-state index in [0.29, 0.717) is 31.2 Å². The van der Waals surface area contributed by atoms with E-state index in [2.05, 4.69) is 33.0 Å². The first-order chi connectivity index (χ1) is 20.1. The Bertz CT molecular complexity index is 1340. The van der Waals surface area contributed by atoms with Gasteiger partial charge in [0.2, 0.25) is 5.90 Å². The minimum Gasteiger partial charge on any atom is -0.494 e. The number of rotatable bonds is 16. The molecule has 0 bridgehead atoms. The predicted molar refractivity (Wildman–Crippen MR) is 157 cm³/mol. The van der Waals surface area contributed by atoms with Crippen LogP contribution in [0.15, 0.2) is 89.0 Å². The molecule has 3 N–H and O–H groups in total. The Balaban J connectivity index is 1.46. The van der Waals surface area contributed by atoms with Gasteiger partial charge in [-0.15, -0.1) is 0 Å². The maximum absolute atomic E-state index is 13.6. The average molecular weight is 557 g/mol. The first-order valence-electron chi connectivity index (χ1n) is 13.9. The van der Waals surface area contributed by atoms with Crippen molar-refractivity contribution in [3.8, 4) is 5.75 Å². The van der Waals surface area contributed by atoms with Gasteiger partial charge < -0.3 is 14.6 Å². The van der Waals surface area contributed by atoms with Crippen LogP contribution in [-0.4, -0.2) is 48.8 Å². The molecule has 0 spiro atoms. The lowest BCUT2D eigenvalue weighted by molar-refractivity contribution is -0.127. The van der Waals surface area contributed by atoms with Crippen molar-refractivity contribution in [1.29, 1.82) is 0 Å². The summed E-state index contributed by atoms with van der Waals surface area (Å²) in [6.07, 6.45) is 3.70. The second-order valence-corrected chi connectivity index (χ2v) is 9.85. The van der Waals surface area contributed by atoms with E-state index >= 15 is 0 Å². The van der Waals surface area contributed by atoms with Crippen molar-refractivity contribution in [2.45, 2.75) is 44.2 Å². The fourth-order valence-electron chi connectivity index (χ4n) is 4.58. The number of unbranched alkanes of at least 4 members (excludes halogenated alkanes) is 1. The molecule has 1 amide bonds. The van der Waals surface area contributed by atoms with Crippen LogP contribution < -0.4 is 15.6 Å². The summed E-state index contributed by atoms with van der Waals surface area (Å²) in [6.45, 7) is 1.36. The summed E-state index contributed by atoms with van der Waals surface area (Å²) in [4.78, 5) is 21.4. The average Bonchev–Trinajstić information content (AvgIpc) is 3.44. The SMILES string of the molecule is [N-]=[N+]=NCc1ccccc1C[C@@]1(C(=O)NNCCCCc2ccccc2)COC(c2ccc(OCCCO)cc2)=N1. The molecular formula is C31H36N6O4. The zero-order valence-electron chi connectivity index (χ0n) is 23.0. The molecule has 10 heteroatoms. The standard InChI is InChI=1S/C31H36N6O4/c32-37-34-22-27-13-5-4-12-26(27)21-31(30(39)36-33-18-7-6-11-24-9-2-1-3-10-24)23-41-29(35-31)25-14-16-28(17-15-25)40-20-8-19-38/h1-5,9-10,12-17,33,38H,6-8,11,18-23H2,(H,36,39)/t31-/m0/s1. The number of carbonyl (C=O) groups is 1. The number of aryl methyl sites for hydroxylation is 1. The van der Waals surface area contributed by atoms with Gasteiger partial charge in [-0.1, -0.05) is 59.7 Å². The predicted octanol–water partition coefficient (Wildman–Crippen LogP) is 4.66. The van der Waals surface area contributed by atoms with Crippen molar-refractivity contribution in [2.24, 2.45) is 10.1 Å². The highest BCUT2D eigenvalue weighted by molar-refractivity contribution is 6.00. The Hall–Kier alpha value is -4.37. The molecule has 0 fully saturated rings. The number of amides is 1. The molecule has 41 heavy (non-hydrogen) atoms. The number of aliphatic imine (C=N–C) groups is 1. The zero-order valence-corrected chi connectivity index (χ0v) is 23.0. The fraction of sp³-hybridized carbons (Fsp3) is 0.355. The maximum atomic E-state index is 13.6. The molecular weight excluding hydrogens is 520 g/mol. The van der Waals surface area contributed by atoms with Gasteiger partial charge in [0.25, 0.3) is 5.91 Å². The number of nitrogens with zero attached hydrogens (tertiary/aromatic N) is 4. The number of azide groups is 1. The lowest BCUT2D eigenvalue weighted by Gasteiger charge is -2.24. The molecule has 1 atom stereocenters. The first-order valence-corrected chi connectivity index (χ1v) is 13.9. The van der Waals surface area contributed by atoms with Crippen LogP contribution in [0.1, 0.15) is 41.5 Å². The molecule has 0 unspecified atom stereocenters. The number of ether oxygens (including phenoxy) is 2. The highest BCUT2D eigenvalue weighted by Gasteiger charge is 2.45.